The lowest BCUT2D eigenvalue weighted by Gasteiger charge is -2.06. The van der Waals surface area contributed by atoms with Gasteiger partial charge in [-0.05, 0) is 12.1 Å². The second-order valence-corrected chi connectivity index (χ2v) is 3.33. The number of hydrogen-bond acceptors (Lipinski definition) is 4. The molecule has 0 bridgehead atoms. The van der Waals surface area contributed by atoms with Crippen molar-refractivity contribution in [2.45, 2.75) is 6.92 Å². The number of carbonyl (C=O) groups is 1. The van der Waals surface area contributed by atoms with Crippen molar-refractivity contribution in [1.82, 2.24) is 4.98 Å². The van der Waals surface area contributed by atoms with Gasteiger partial charge in [0.15, 0.2) is 0 Å². The summed E-state index contributed by atoms with van der Waals surface area (Å²) in [5.74, 6) is -3.12. The maximum atomic E-state index is 13.4. The van der Waals surface area contributed by atoms with Gasteiger partial charge >= 0.3 is 5.97 Å². The van der Waals surface area contributed by atoms with Crippen molar-refractivity contribution in [3.8, 4) is 11.6 Å². The molecule has 2 rings (SSSR count). The lowest BCUT2D eigenvalue weighted by molar-refractivity contribution is -0.132. The zero-order valence-electron chi connectivity index (χ0n) is 8.70. The molecule has 0 spiro atoms. The third-order valence-corrected chi connectivity index (χ3v) is 2.06. The van der Waals surface area contributed by atoms with E-state index in [1.54, 1.807) is 0 Å². The Morgan fingerprint density at radius 3 is 2.65 bits per heavy atom. The highest BCUT2D eigenvalue weighted by molar-refractivity contribution is 5.86. The molecule has 1 aromatic heterocycles. The van der Waals surface area contributed by atoms with Crippen molar-refractivity contribution in [2.24, 2.45) is 0 Å². The zero-order valence-corrected chi connectivity index (χ0v) is 8.70. The highest BCUT2D eigenvalue weighted by atomic mass is 19.1. The minimum Gasteiger partial charge on any atom is -0.507 e. The van der Waals surface area contributed by atoms with Gasteiger partial charge in [-0.25, -0.2) is 13.8 Å². The van der Waals surface area contributed by atoms with Gasteiger partial charge in [-0.3, -0.25) is 4.79 Å². The number of aromatic hydroxyl groups is 1. The molecule has 0 radical (unpaired) electrons. The minimum atomic E-state index is -0.814. The van der Waals surface area contributed by atoms with Gasteiger partial charge in [0.05, 0.1) is 5.39 Å². The van der Waals surface area contributed by atoms with Gasteiger partial charge in [0, 0.05) is 13.0 Å². The highest BCUT2D eigenvalue weighted by Crippen LogP contribution is 2.31. The largest absolute Gasteiger partial charge is 0.507 e. The van der Waals surface area contributed by atoms with Crippen LogP contribution in [0.3, 0.4) is 0 Å². The van der Waals surface area contributed by atoms with Gasteiger partial charge in [0.2, 0.25) is 5.88 Å². The van der Waals surface area contributed by atoms with Crippen LogP contribution in [-0.2, 0) is 4.79 Å². The summed E-state index contributed by atoms with van der Waals surface area (Å²) >= 11 is 0. The van der Waals surface area contributed by atoms with E-state index in [1.807, 2.05) is 0 Å². The van der Waals surface area contributed by atoms with Crippen molar-refractivity contribution >= 4 is 16.9 Å². The highest BCUT2D eigenvalue weighted by Gasteiger charge is 2.14. The summed E-state index contributed by atoms with van der Waals surface area (Å²) in [6.07, 6.45) is 0. The Kier molecular flexibility index (Phi) is 2.63. The summed E-state index contributed by atoms with van der Waals surface area (Å²) < 4.78 is 31.3. The number of halogens is 2. The number of hydrogen-bond donors (Lipinski definition) is 1. The predicted molar refractivity (Wildman–Crippen MR) is 54.6 cm³/mol. The van der Waals surface area contributed by atoms with Crippen LogP contribution in [0.4, 0.5) is 8.78 Å². The normalized spacial score (nSPS) is 10.5. The van der Waals surface area contributed by atoms with Gasteiger partial charge in [-0.1, -0.05) is 0 Å². The standard InChI is InChI=1S/C11H7F2NO3/c1-5(15)17-9-4-8(16)10-6(12)2-3-7(13)11(10)14-9/h2-4H,1H3,(H,14,16). The Morgan fingerprint density at radius 2 is 2.00 bits per heavy atom. The third-order valence-electron chi connectivity index (χ3n) is 2.06. The number of aromatic nitrogens is 1. The first-order chi connectivity index (χ1) is 7.99. The number of esters is 1. The summed E-state index contributed by atoms with van der Waals surface area (Å²) in [4.78, 5) is 14.3. The molecule has 0 amide bonds. The molecule has 0 aliphatic carbocycles. The molecule has 0 aliphatic heterocycles. The van der Waals surface area contributed by atoms with Crippen LogP contribution in [0.1, 0.15) is 6.92 Å². The lowest BCUT2D eigenvalue weighted by atomic mass is 10.2. The number of carbonyl (C=O) groups excluding carboxylic acids is 1. The minimum absolute atomic E-state index is 0.285. The first-order valence-corrected chi connectivity index (χ1v) is 4.65. The Hall–Kier alpha value is -2.24. The van der Waals surface area contributed by atoms with Crippen molar-refractivity contribution < 1.29 is 23.4 Å². The molecule has 6 heteroatoms. The third kappa shape index (κ3) is 2.01. The number of rotatable bonds is 1. The van der Waals surface area contributed by atoms with Crippen LogP contribution >= 0.6 is 0 Å². The molecule has 0 fully saturated rings. The van der Waals surface area contributed by atoms with Gasteiger partial charge < -0.3 is 9.84 Å². The van der Waals surface area contributed by atoms with E-state index < -0.39 is 23.4 Å². The van der Waals surface area contributed by atoms with Gasteiger partial charge in [-0.15, -0.1) is 0 Å². The SMILES string of the molecule is CC(=O)Oc1cc(O)c2c(F)ccc(F)c2n1. The van der Waals surface area contributed by atoms with E-state index in [2.05, 4.69) is 9.72 Å². The van der Waals surface area contributed by atoms with Crippen LogP contribution in [0.5, 0.6) is 11.6 Å². The fourth-order valence-corrected chi connectivity index (χ4v) is 1.43. The number of ether oxygens (including phenoxy) is 1. The second-order valence-electron chi connectivity index (χ2n) is 3.33. The van der Waals surface area contributed by atoms with E-state index in [-0.39, 0.29) is 16.8 Å². The van der Waals surface area contributed by atoms with Gasteiger partial charge in [0.25, 0.3) is 0 Å². The van der Waals surface area contributed by atoms with E-state index in [9.17, 15) is 18.7 Å². The molecular weight excluding hydrogens is 232 g/mol. The van der Waals surface area contributed by atoms with Crippen LogP contribution in [0.2, 0.25) is 0 Å². The number of benzene rings is 1. The maximum absolute atomic E-state index is 13.4. The van der Waals surface area contributed by atoms with Crippen LogP contribution in [-0.4, -0.2) is 16.1 Å². The Labute approximate surface area is 94.5 Å². The molecule has 2 aromatic rings. The molecule has 0 aliphatic rings. The molecular formula is C11H7F2NO3. The lowest BCUT2D eigenvalue weighted by Crippen LogP contribution is -2.03. The molecule has 1 N–H and O–H groups in total. The molecule has 17 heavy (non-hydrogen) atoms. The Morgan fingerprint density at radius 1 is 1.35 bits per heavy atom. The fraction of sp³-hybridized carbons (Fsp3) is 0.0909. The van der Waals surface area contributed by atoms with Crippen molar-refractivity contribution in [2.75, 3.05) is 0 Å². The summed E-state index contributed by atoms with van der Waals surface area (Å²) in [5, 5.41) is 9.19. The van der Waals surface area contributed by atoms with Crippen molar-refractivity contribution in [3.63, 3.8) is 0 Å². The van der Waals surface area contributed by atoms with Crippen LogP contribution < -0.4 is 4.74 Å². The molecule has 0 saturated carbocycles. The second kappa shape index (κ2) is 3.97. The molecule has 4 nitrogen and oxygen atoms in total. The fourth-order valence-electron chi connectivity index (χ4n) is 1.43. The predicted octanol–water partition coefficient (Wildman–Crippen LogP) is 2.14. The summed E-state index contributed by atoms with van der Waals surface area (Å²) in [6.45, 7) is 1.13. The number of pyridine rings is 1. The maximum Gasteiger partial charge on any atom is 0.309 e. The average Bonchev–Trinajstić information content (AvgIpc) is 2.22. The summed E-state index contributed by atoms with van der Waals surface area (Å²) in [6, 6.07) is 2.71. The van der Waals surface area contributed by atoms with Crippen LogP contribution in [0.15, 0.2) is 18.2 Å². The quantitative estimate of drug-likeness (QED) is 0.774. The van der Waals surface area contributed by atoms with E-state index in [4.69, 9.17) is 0 Å². The van der Waals surface area contributed by atoms with E-state index in [0.717, 1.165) is 25.1 Å². The van der Waals surface area contributed by atoms with Crippen LogP contribution in [0, 0.1) is 11.6 Å². The van der Waals surface area contributed by atoms with E-state index >= 15 is 0 Å². The van der Waals surface area contributed by atoms with Crippen molar-refractivity contribution in [3.05, 3.63) is 29.8 Å². The van der Waals surface area contributed by atoms with Gasteiger partial charge in [-0.2, -0.15) is 0 Å². The Bertz CT molecular complexity index is 613. The topological polar surface area (TPSA) is 59.4 Å². The monoisotopic (exact) mass is 239 g/mol. The first kappa shape index (κ1) is 11.3. The number of fused-ring (bicyclic) bond motifs is 1. The number of nitrogens with zero attached hydrogens (tertiary/aromatic N) is 1. The van der Waals surface area contributed by atoms with Gasteiger partial charge in [0.1, 0.15) is 22.9 Å². The molecule has 1 aromatic carbocycles. The zero-order chi connectivity index (χ0) is 12.6. The smallest absolute Gasteiger partial charge is 0.309 e. The molecule has 0 unspecified atom stereocenters. The molecule has 1 heterocycles. The summed E-state index contributed by atoms with van der Waals surface area (Å²) in [5.41, 5.74) is -0.388. The van der Waals surface area contributed by atoms with E-state index in [1.165, 1.54) is 0 Å². The molecule has 0 atom stereocenters. The molecule has 88 valence electrons. The molecule has 0 saturated heterocycles. The van der Waals surface area contributed by atoms with E-state index in [0.29, 0.717) is 0 Å². The first-order valence-electron chi connectivity index (χ1n) is 4.65. The van der Waals surface area contributed by atoms with Crippen molar-refractivity contribution in [1.29, 1.82) is 0 Å². The van der Waals surface area contributed by atoms with Crippen LogP contribution in [0.25, 0.3) is 10.9 Å². The average molecular weight is 239 g/mol. The Balaban J connectivity index is 2.72. The summed E-state index contributed by atoms with van der Waals surface area (Å²) in [7, 11) is 0.